The number of rotatable bonds is 5. The van der Waals surface area contributed by atoms with Crippen molar-refractivity contribution in [2.24, 2.45) is 0 Å². The zero-order chi connectivity index (χ0) is 17.8. The first-order valence-electron chi connectivity index (χ1n) is 7.44. The van der Waals surface area contributed by atoms with Crippen LogP contribution in [0.1, 0.15) is 16.1 Å². The smallest absolute Gasteiger partial charge is 0.335 e. The Balaban J connectivity index is 1.82. The van der Waals surface area contributed by atoms with E-state index in [2.05, 4.69) is 25.6 Å². The summed E-state index contributed by atoms with van der Waals surface area (Å²) in [5.41, 5.74) is 8.19. The number of aryl methyl sites for hydroxylation is 1. The number of nitrogen functional groups attached to an aromatic ring is 1. The summed E-state index contributed by atoms with van der Waals surface area (Å²) >= 11 is 0. The molecule has 2 heterocycles. The Hall–Kier alpha value is -3.68. The summed E-state index contributed by atoms with van der Waals surface area (Å²) in [6.07, 6.45) is 1.38. The molecule has 25 heavy (non-hydrogen) atoms. The minimum atomic E-state index is -0.981. The van der Waals surface area contributed by atoms with E-state index in [1.807, 2.05) is 25.1 Å². The van der Waals surface area contributed by atoms with E-state index >= 15 is 0 Å². The van der Waals surface area contributed by atoms with Crippen molar-refractivity contribution in [1.29, 1.82) is 0 Å². The molecule has 0 amide bonds. The van der Waals surface area contributed by atoms with E-state index in [9.17, 15) is 4.79 Å². The van der Waals surface area contributed by atoms with E-state index < -0.39 is 5.97 Å². The van der Waals surface area contributed by atoms with E-state index in [1.165, 1.54) is 18.5 Å². The van der Waals surface area contributed by atoms with Gasteiger partial charge in [-0.3, -0.25) is 0 Å². The second-order valence-corrected chi connectivity index (χ2v) is 5.28. The zero-order valence-electron chi connectivity index (χ0n) is 13.4. The summed E-state index contributed by atoms with van der Waals surface area (Å²) in [6.45, 7) is 1.89. The van der Waals surface area contributed by atoms with Crippen LogP contribution in [0.25, 0.3) is 0 Å². The number of hydrogen-bond acceptors (Lipinski definition) is 7. The van der Waals surface area contributed by atoms with Crippen LogP contribution in [0.3, 0.4) is 0 Å². The van der Waals surface area contributed by atoms with E-state index in [4.69, 9.17) is 10.8 Å². The fourth-order valence-corrected chi connectivity index (χ4v) is 2.16. The van der Waals surface area contributed by atoms with E-state index in [0.717, 1.165) is 5.69 Å². The second-order valence-electron chi connectivity index (χ2n) is 5.28. The lowest BCUT2D eigenvalue weighted by atomic mass is 10.2. The Morgan fingerprint density at radius 3 is 2.36 bits per heavy atom. The van der Waals surface area contributed by atoms with Gasteiger partial charge in [-0.25, -0.2) is 19.7 Å². The van der Waals surface area contributed by atoms with Crippen LogP contribution in [-0.2, 0) is 0 Å². The largest absolute Gasteiger partial charge is 0.478 e. The molecule has 0 saturated carbocycles. The molecule has 2 aromatic heterocycles. The molecule has 8 nitrogen and oxygen atoms in total. The summed E-state index contributed by atoms with van der Waals surface area (Å²) in [6, 6.07) is 11.9. The number of pyridine rings is 1. The third-order valence-corrected chi connectivity index (χ3v) is 3.41. The van der Waals surface area contributed by atoms with Crippen LogP contribution in [-0.4, -0.2) is 26.0 Å². The number of benzene rings is 1. The fourth-order valence-electron chi connectivity index (χ4n) is 2.16. The molecule has 3 aromatic rings. The summed E-state index contributed by atoms with van der Waals surface area (Å²) in [7, 11) is 0. The van der Waals surface area contributed by atoms with Gasteiger partial charge in [0.25, 0.3) is 0 Å². The number of hydrogen-bond donors (Lipinski definition) is 4. The van der Waals surface area contributed by atoms with Crippen molar-refractivity contribution in [3.63, 3.8) is 0 Å². The van der Waals surface area contributed by atoms with Crippen molar-refractivity contribution in [3.05, 3.63) is 60.0 Å². The first-order chi connectivity index (χ1) is 12.0. The number of anilines is 5. The molecule has 0 aliphatic rings. The predicted molar refractivity (Wildman–Crippen MR) is 95.4 cm³/mol. The molecule has 0 radical (unpaired) electrons. The van der Waals surface area contributed by atoms with Gasteiger partial charge in [-0.1, -0.05) is 6.07 Å². The highest BCUT2D eigenvalue weighted by Gasteiger charge is 2.10. The van der Waals surface area contributed by atoms with Crippen LogP contribution in [0.4, 0.5) is 28.8 Å². The van der Waals surface area contributed by atoms with Crippen molar-refractivity contribution in [2.45, 2.75) is 6.92 Å². The monoisotopic (exact) mass is 336 g/mol. The fraction of sp³-hybridized carbons (Fsp3) is 0.0588. The van der Waals surface area contributed by atoms with Crippen LogP contribution in [0.15, 0.2) is 48.8 Å². The van der Waals surface area contributed by atoms with Gasteiger partial charge >= 0.3 is 5.97 Å². The van der Waals surface area contributed by atoms with Crippen LogP contribution < -0.4 is 16.4 Å². The van der Waals surface area contributed by atoms with Gasteiger partial charge in [0.15, 0.2) is 11.6 Å². The van der Waals surface area contributed by atoms with Gasteiger partial charge < -0.3 is 21.5 Å². The van der Waals surface area contributed by atoms with Crippen molar-refractivity contribution < 1.29 is 9.90 Å². The van der Waals surface area contributed by atoms with Crippen LogP contribution in [0.2, 0.25) is 0 Å². The van der Waals surface area contributed by atoms with Crippen molar-refractivity contribution in [3.8, 4) is 0 Å². The molecule has 8 heteroatoms. The standard InChI is InChI=1S/C17H16N6O2/c1-10-3-2-4-13(21-10)23-16-14(18)15(19-9-20-16)22-12-7-5-11(6-8-12)17(24)25/h2-9H,18H2,1H3,(H,24,25)(H2,19,20,21,22,23). The maximum absolute atomic E-state index is 10.9. The average molecular weight is 336 g/mol. The molecule has 0 spiro atoms. The number of carbonyl (C=O) groups is 1. The number of nitrogens with one attached hydrogen (secondary N) is 2. The molecule has 0 fully saturated rings. The minimum Gasteiger partial charge on any atom is -0.478 e. The maximum atomic E-state index is 10.9. The summed E-state index contributed by atoms with van der Waals surface area (Å²) < 4.78 is 0. The quantitative estimate of drug-likeness (QED) is 0.560. The Morgan fingerprint density at radius 2 is 1.72 bits per heavy atom. The summed E-state index contributed by atoms with van der Waals surface area (Å²) in [4.78, 5) is 23.5. The molecule has 0 aliphatic carbocycles. The van der Waals surface area contributed by atoms with Gasteiger partial charge in [-0.05, 0) is 43.3 Å². The topological polar surface area (TPSA) is 126 Å². The Morgan fingerprint density at radius 1 is 1.04 bits per heavy atom. The molecule has 0 aliphatic heterocycles. The van der Waals surface area contributed by atoms with Crippen LogP contribution in [0.5, 0.6) is 0 Å². The van der Waals surface area contributed by atoms with Gasteiger partial charge in [-0.15, -0.1) is 0 Å². The third kappa shape index (κ3) is 3.81. The first kappa shape index (κ1) is 16.2. The minimum absolute atomic E-state index is 0.203. The SMILES string of the molecule is Cc1cccc(Nc2ncnc(Nc3ccc(C(=O)O)cc3)c2N)n1. The van der Waals surface area contributed by atoms with E-state index in [1.54, 1.807) is 12.1 Å². The number of aromatic carboxylic acids is 1. The Bertz CT molecular complexity index is 911. The Labute approximate surface area is 143 Å². The molecule has 126 valence electrons. The normalized spacial score (nSPS) is 10.3. The molecule has 5 N–H and O–H groups in total. The third-order valence-electron chi connectivity index (χ3n) is 3.41. The molecule has 0 bridgehead atoms. The predicted octanol–water partition coefficient (Wildman–Crippen LogP) is 2.95. The van der Waals surface area contributed by atoms with Crippen LogP contribution in [0, 0.1) is 6.92 Å². The number of nitrogens with zero attached hydrogens (tertiary/aromatic N) is 3. The summed E-state index contributed by atoms with van der Waals surface area (Å²) in [5.74, 6) is 0.485. The second kappa shape index (κ2) is 6.83. The highest BCUT2D eigenvalue weighted by atomic mass is 16.4. The van der Waals surface area contributed by atoms with Gasteiger partial charge in [-0.2, -0.15) is 0 Å². The maximum Gasteiger partial charge on any atom is 0.335 e. The number of carboxylic acids is 1. The average Bonchev–Trinajstić information content (AvgIpc) is 2.59. The Kier molecular flexibility index (Phi) is 4.42. The molecule has 0 unspecified atom stereocenters. The lowest BCUT2D eigenvalue weighted by molar-refractivity contribution is 0.0697. The summed E-state index contributed by atoms with van der Waals surface area (Å²) in [5, 5.41) is 15.0. The molecular weight excluding hydrogens is 320 g/mol. The molecule has 0 atom stereocenters. The molecule has 1 aromatic carbocycles. The first-order valence-corrected chi connectivity index (χ1v) is 7.44. The van der Waals surface area contributed by atoms with Crippen molar-refractivity contribution >= 4 is 34.8 Å². The molecule has 3 rings (SSSR count). The van der Waals surface area contributed by atoms with E-state index in [-0.39, 0.29) is 5.56 Å². The zero-order valence-corrected chi connectivity index (χ0v) is 13.4. The van der Waals surface area contributed by atoms with Crippen molar-refractivity contribution in [2.75, 3.05) is 16.4 Å². The highest BCUT2D eigenvalue weighted by molar-refractivity contribution is 5.88. The van der Waals surface area contributed by atoms with Crippen molar-refractivity contribution in [1.82, 2.24) is 15.0 Å². The highest BCUT2D eigenvalue weighted by Crippen LogP contribution is 2.27. The number of aromatic nitrogens is 3. The molecule has 0 saturated heterocycles. The van der Waals surface area contributed by atoms with Gasteiger partial charge in [0.05, 0.1) is 5.56 Å². The number of nitrogens with two attached hydrogens (primary N) is 1. The van der Waals surface area contributed by atoms with E-state index in [0.29, 0.717) is 28.8 Å². The van der Waals surface area contributed by atoms with Gasteiger partial charge in [0, 0.05) is 11.4 Å². The van der Waals surface area contributed by atoms with Gasteiger partial charge in [0.2, 0.25) is 0 Å². The lowest BCUT2D eigenvalue weighted by Gasteiger charge is -2.12. The number of carboxylic acid groups (broad SMARTS) is 1. The molecular formula is C17H16N6O2. The van der Waals surface area contributed by atoms with Crippen LogP contribution >= 0.6 is 0 Å². The lowest BCUT2D eigenvalue weighted by Crippen LogP contribution is -2.06. The van der Waals surface area contributed by atoms with Gasteiger partial charge in [0.1, 0.15) is 17.8 Å².